The summed E-state index contributed by atoms with van der Waals surface area (Å²) in [5.74, 6) is 0.149. The Morgan fingerprint density at radius 3 is 3.00 bits per heavy atom. The fourth-order valence-corrected chi connectivity index (χ4v) is 2.31. The van der Waals surface area contributed by atoms with Crippen molar-refractivity contribution in [3.8, 4) is 0 Å². The fourth-order valence-electron chi connectivity index (χ4n) is 2.31. The second-order valence-corrected chi connectivity index (χ2v) is 5.01. The third-order valence-electron chi connectivity index (χ3n) is 3.48. The van der Waals surface area contributed by atoms with Crippen LogP contribution in [0.25, 0.3) is 10.9 Å². The van der Waals surface area contributed by atoms with Crippen molar-refractivity contribution in [3.05, 3.63) is 35.5 Å². The zero-order valence-electron chi connectivity index (χ0n) is 11.8. The van der Waals surface area contributed by atoms with E-state index in [9.17, 15) is 4.79 Å². The number of aromatic nitrogens is 1. The van der Waals surface area contributed by atoms with Gasteiger partial charge in [-0.05, 0) is 30.9 Å². The van der Waals surface area contributed by atoms with Crippen LogP contribution in [0.1, 0.15) is 37.3 Å². The monoisotopic (exact) mass is 258 g/mol. The lowest BCUT2D eigenvalue weighted by Crippen LogP contribution is -2.24. The van der Waals surface area contributed by atoms with Crippen molar-refractivity contribution in [1.29, 1.82) is 0 Å². The van der Waals surface area contributed by atoms with Crippen molar-refractivity contribution in [2.45, 2.75) is 39.5 Å². The molecule has 0 spiro atoms. The van der Waals surface area contributed by atoms with Crippen LogP contribution in [0.4, 0.5) is 0 Å². The smallest absolute Gasteiger partial charge is 0.220 e. The molecule has 19 heavy (non-hydrogen) atoms. The first kappa shape index (κ1) is 13.7. The van der Waals surface area contributed by atoms with Crippen LogP contribution >= 0.6 is 0 Å². The number of para-hydroxylation sites is 1. The summed E-state index contributed by atoms with van der Waals surface area (Å²) in [6, 6.07) is 6.28. The van der Waals surface area contributed by atoms with Crippen LogP contribution in [-0.4, -0.2) is 17.4 Å². The number of nitrogens with one attached hydrogen (secondary N) is 2. The van der Waals surface area contributed by atoms with Gasteiger partial charge in [-0.15, -0.1) is 0 Å². The van der Waals surface area contributed by atoms with Crippen LogP contribution in [0.15, 0.2) is 24.4 Å². The van der Waals surface area contributed by atoms with Crippen LogP contribution in [0.5, 0.6) is 0 Å². The molecule has 0 aliphatic rings. The molecule has 0 radical (unpaired) electrons. The number of hydrogen-bond acceptors (Lipinski definition) is 1. The molecule has 1 heterocycles. The highest BCUT2D eigenvalue weighted by Crippen LogP contribution is 2.22. The molecule has 0 fully saturated rings. The molecule has 0 saturated heterocycles. The van der Waals surface area contributed by atoms with Crippen molar-refractivity contribution in [1.82, 2.24) is 10.3 Å². The highest BCUT2D eigenvalue weighted by atomic mass is 16.1. The van der Waals surface area contributed by atoms with Crippen molar-refractivity contribution in [2.24, 2.45) is 0 Å². The molecule has 0 atom stereocenters. The molecule has 1 aromatic heterocycles. The molecule has 102 valence electrons. The maximum atomic E-state index is 11.7. The number of benzene rings is 1. The summed E-state index contributed by atoms with van der Waals surface area (Å²) in [5.41, 5.74) is 3.66. The van der Waals surface area contributed by atoms with E-state index in [1.54, 1.807) is 0 Å². The Bertz CT molecular complexity index is 557. The number of aryl methyl sites for hydroxylation is 2. The molecule has 0 saturated carbocycles. The van der Waals surface area contributed by atoms with Gasteiger partial charge in [0.15, 0.2) is 0 Å². The molecule has 0 aliphatic heterocycles. The van der Waals surface area contributed by atoms with Crippen molar-refractivity contribution in [2.75, 3.05) is 6.54 Å². The Hall–Kier alpha value is -1.77. The van der Waals surface area contributed by atoms with Crippen molar-refractivity contribution in [3.63, 3.8) is 0 Å². The molecule has 1 aromatic carbocycles. The number of rotatable bonds is 6. The number of amides is 1. The first-order valence-corrected chi connectivity index (χ1v) is 7.04. The minimum atomic E-state index is 0.149. The minimum absolute atomic E-state index is 0.149. The summed E-state index contributed by atoms with van der Waals surface area (Å²) in [5, 5.41) is 4.19. The number of carbonyl (C=O) groups excluding carboxylic acids is 1. The maximum absolute atomic E-state index is 11.7. The van der Waals surface area contributed by atoms with Gasteiger partial charge < -0.3 is 10.3 Å². The van der Waals surface area contributed by atoms with Gasteiger partial charge in [-0.1, -0.05) is 31.5 Å². The van der Waals surface area contributed by atoms with Gasteiger partial charge in [-0.2, -0.15) is 0 Å². The molecule has 0 bridgehead atoms. The van der Waals surface area contributed by atoms with Crippen molar-refractivity contribution >= 4 is 16.8 Å². The number of aromatic amines is 1. The second-order valence-electron chi connectivity index (χ2n) is 5.01. The Kier molecular flexibility index (Phi) is 4.61. The zero-order valence-corrected chi connectivity index (χ0v) is 11.8. The van der Waals surface area contributed by atoms with Gasteiger partial charge in [0.2, 0.25) is 5.91 Å². The molecule has 1 amide bonds. The van der Waals surface area contributed by atoms with Gasteiger partial charge >= 0.3 is 0 Å². The van der Waals surface area contributed by atoms with Gasteiger partial charge in [0.1, 0.15) is 0 Å². The predicted octanol–water partition coefficient (Wildman–Crippen LogP) is 3.33. The van der Waals surface area contributed by atoms with Gasteiger partial charge in [0.05, 0.1) is 0 Å². The highest BCUT2D eigenvalue weighted by molar-refractivity contribution is 5.86. The first-order valence-electron chi connectivity index (χ1n) is 7.04. The minimum Gasteiger partial charge on any atom is -0.361 e. The van der Waals surface area contributed by atoms with Crippen LogP contribution in [0.2, 0.25) is 0 Å². The molecule has 2 rings (SSSR count). The SMILES string of the molecule is CCCCNC(=O)CCc1c[nH]c2c(C)cccc12. The van der Waals surface area contributed by atoms with E-state index in [-0.39, 0.29) is 5.91 Å². The summed E-state index contributed by atoms with van der Waals surface area (Å²) in [4.78, 5) is 15.0. The van der Waals surface area contributed by atoms with Crippen LogP contribution in [0.3, 0.4) is 0 Å². The van der Waals surface area contributed by atoms with Crippen LogP contribution in [0, 0.1) is 6.92 Å². The van der Waals surface area contributed by atoms with E-state index < -0.39 is 0 Å². The number of H-pyrrole nitrogens is 1. The number of fused-ring (bicyclic) bond motifs is 1. The third-order valence-corrected chi connectivity index (χ3v) is 3.48. The third kappa shape index (κ3) is 3.37. The Morgan fingerprint density at radius 1 is 1.37 bits per heavy atom. The highest BCUT2D eigenvalue weighted by Gasteiger charge is 2.07. The van der Waals surface area contributed by atoms with E-state index in [2.05, 4.69) is 42.3 Å². The predicted molar refractivity (Wildman–Crippen MR) is 79.3 cm³/mol. The quantitative estimate of drug-likeness (QED) is 0.767. The summed E-state index contributed by atoms with van der Waals surface area (Å²) in [6.07, 6.45) is 5.54. The lowest BCUT2D eigenvalue weighted by Gasteiger charge is -2.04. The normalized spacial score (nSPS) is 10.8. The van der Waals surface area contributed by atoms with Crippen LogP contribution < -0.4 is 5.32 Å². The van der Waals surface area contributed by atoms with E-state index >= 15 is 0 Å². The average molecular weight is 258 g/mol. The Labute approximate surface area is 114 Å². The molecule has 3 heteroatoms. The molecular formula is C16H22N2O. The summed E-state index contributed by atoms with van der Waals surface area (Å²) < 4.78 is 0. The Morgan fingerprint density at radius 2 is 2.21 bits per heavy atom. The topological polar surface area (TPSA) is 44.9 Å². The maximum Gasteiger partial charge on any atom is 0.220 e. The van der Waals surface area contributed by atoms with E-state index in [0.29, 0.717) is 6.42 Å². The van der Waals surface area contributed by atoms with E-state index in [4.69, 9.17) is 0 Å². The van der Waals surface area contributed by atoms with E-state index in [0.717, 1.165) is 25.8 Å². The standard InChI is InChI=1S/C16H22N2O/c1-3-4-10-17-15(19)9-8-13-11-18-16-12(2)6-5-7-14(13)16/h5-7,11,18H,3-4,8-10H2,1-2H3,(H,17,19). The van der Waals surface area contributed by atoms with Gasteiger partial charge in [-0.3, -0.25) is 4.79 Å². The van der Waals surface area contributed by atoms with E-state index in [1.165, 1.54) is 22.0 Å². The molecule has 2 N–H and O–H groups in total. The molecule has 0 aliphatic carbocycles. The molecule has 0 unspecified atom stereocenters. The summed E-state index contributed by atoms with van der Waals surface area (Å²) in [7, 11) is 0. The van der Waals surface area contributed by atoms with Crippen molar-refractivity contribution < 1.29 is 4.79 Å². The van der Waals surface area contributed by atoms with Gasteiger partial charge in [0.25, 0.3) is 0 Å². The second kappa shape index (κ2) is 6.41. The number of carbonyl (C=O) groups is 1. The van der Waals surface area contributed by atoms with E-state index in [1.807, 2.05) is 6.20 Å². The fraction of sp³-hybridized carbons (Fsp3) is 0.438. The van der Waals surface area contributed by atoms with Gasteiger partial charge in [0, 0.05) is 30.1 Å². The molecule has 2 aromatic rings. The first-order chi connectivity index (χ1) is 9.22. The molecular weight excluding hydrogens is 236 g/mol. The van der Waals surface area contributed by atoms with Crippen LogP contribution in [-0.2, 0) is 11.2 Å². The average Bonchev–Trinajstić information content (AvgIpc) is 2.81. The number of unbranched alkanes of at least 4 members (excludes halogenated alkanes) is 1. The summed E-state index contributed by atoms with van der Waals surface area (Å²) in [6.45, 7) is 5.02. The largest absolute Gasteiger partial charge is 0.361 e. The number of hydrogen-bond donors (Lipinski definition) is 2. The lowest BCUT2D eigenvalue weighted by molar-refractivity contribution is -0.121. The summed E-state index contributed by atoms with van der Waals surface area (Å²) >= 11 is 0. The Balaban J connectivity index is 1.95. The van der Waals surface area contributed by atoms with Gasteiger partial charge in [-0.25, -0.2) is 0 Å². The zero-order chi connectivity index (χ0) is 13.7. The lowest BCUT2D eigenvalue weighted by atomic mass is 10.1. The molecule has 3 nitrogen and oxygen atoms in total.